The Labute approximate surface area is 113 Å². The second-order valence-corrected chi connectivity index (χ2v) is 4.96. The maximum atomic E-state index is 3.09. The number of rotatable bonds is 1. The van der Waals surface area contributed by atoms with E-state index in [0.29, 0.717) is 0 Å². The SMILES string of the molecule is [c]1ccc(-c2cccc3c2-c2ccccc2C3)cc1. The van der Waals surface area contributed by atoms with E-state index >= 15 is 0 Å². The monoisotopic (exact) mass is 241 g/mol. The lowest BCUT2D eigenvalue weighted by atomic mass is 9.94. The molecule has 0 unspecified atom stereocenters. The van der Waals surface area contributed by atoms with Gasteiger partial charge in [-0.3, -0.25) is 0 Å². The van der Waals surface area contributed by atoms with Gasteiger partial charge in [-0.05, 0) is 45.9 Å². The summed E-state index contributed by atoms with van der Waals surface area (Å²) in [5.74, 6) is 0. The van der Waals surface area contributed by atoms with E-state index in [1.807, 2.05) is 12.1 Å². The van der Waals surface area contributed by atoms with Crippen LogP contribution in [0.15, 0.2) is 66.7 Å². The molecule has 0 heteroatoms. The summed E-state index contributed by atoms with van der Waals surface area (Å²) in [6, 6.07) is 26.7. The van der Waals surface area contributed by atoms with Crippen LogP contribution in [0.4, 0.5) is 0 Å². The van der Waals surface area contributed by atoms with Crippen molar-refractivity contribution < 1.29 is 0 Å². The number of fused-ring (bicyclic) bond motifs is 3. The lowest BCUT2D eigenvalue weighted by Crippen LogP contribution is -1.85. The summed E-state index contributed by atoms with van der Waals surface area (Å²) in [6.07, 6.45) is 1.05. The van der Waals surface area contributed by atoms with Crippen LogP contribution in [0.1, 0.15) is 11.1 Å². The van der Waals surface area contributed by atoms with Crippen molar-refractivity contribution in [3.63, 3.8) is 0 Å². The lowest BCUT2D eigenvalue weighted by Gasteiger charge is -2.09. The minimum absolute atomic E-state index is 1.05. The predicted molar refractivity (Wildman–Crippen MR) is 79.0 cm³/mol. The average molecular weight is 241 g/mol. The molecule has 0 saturated heterocycles. The molecule has 0 aliphatic heterocycles. The zero-order valence-electron chi connectivity index (χ0n) is 10.6. The van der Waals surface area contributed by atoms with Crippen LogP contribution >= 0.6 is 0 Å². The largest absolute Gasteiger partial charge is 0.0619 e. The molecule has 0 N–H and O–H groups in total. The van der Waals surface area contributed by atoms with Gasteiger partial charge in [-0.25, -0.2) is 0 Å². The van der Waals surface area contributed by atoms with Crippen molar-refractivity contribution in [3.8, 4) is 22.3 Å². The van der Waals surface area contributed by atoms with Crippen LogP contribution in [0.3, 0.4) is 0 Å². The Kier molecular flexibility index (Phi) is 2.28. The minimum Gasteiger partial charge on any atom is -0.0619 e. The minimum atomic E-state index is 1.05. The molecule has 0 spiro atoms. The average Bonchev–Trinajstić information content (AvgIpc) is 2.86. The summed E-state index contributed by atoms with van der Waals surface area (Å²) >= 11 is 0. The highest BCUT2D eigenvalue weighted by molar-refractivity contribution is 5.90. The second-order valence-electron chi connectivity index (χ2n) is 4.96. The van der Waals surface area contributed by atoms with Crippen LogP contribution < -0.4 is 0 Å². The Morgan fingerprint density at radius 1 is 0.684 bits per heavy atom. The van der Waals surface area contributed by atoms with E-state index in [1.165, 1.54) is 33.4 Å². The van der Waals surface area contributed by atoms with E-state index in [9.17, 15) is 0 Å². The highest BCUT2D eigenvalue weighted by Gasteiger charge is 2.20. The summed E-state index contributed by atoms with van der Waals surface area (Å²) in [5, 5.41) is 0. The third-order valence-electron chi connectivity index (χ3n) is 3.85. The molecule has 4 rings (SSSR count). The van der Waals surface area contributed by atoms with Crippen molar-refractivity contribution in [2.75, 3.05) is 0 Å². The molecule has 0 amide bonds. The normalized spacial score (nSPS) is 12.0. The standard InChI is InChI=1S/C19H13/c1-2-7-14(8-3-1)17-12-6-10-16-13-15-9-4-5-11-18(15)19(16)17/h2-12H,13H2. The third-order valence-corrected chi connectivity index (χ3v) is 3.85. The summed E-state index contributed by atoms with van der Waals surface area (Å²) in [4.78, 5) is 0. The molecule has 3 aromatic rings. The van der Waals surface area contributed by atoms with Gasteiger partial charge in [-0.15, -0.1) is 0 Å². The van der Waals surface area contributed by atoms with Crippen LogP contribution in [-0.4, -0.2) is 0 Å². The van der Waals surface area contributed by atoms with E-state index in [2.05, 4.69) is 60.7 Å². The van der Waals surface area contributed by atoms with Crippen molar-refractivity contribution in [1.82, 2.24) is 0 Å². The van der Waals surface area contributed by atoms with Crippen LogP contribution in [0.5, 0.6) is 0 Å². The van der Waals surface area contributed by atoms with Crippen LogP contribution in [0.25, 0.3) is 22.3 Å². The van der Waals surface area contributed by atoms with Crippen molar-refractivity contribution in [1.29, 1.82) is 0 Å². The van der Waals surface area contributed by atoms with E-state index in [-0.39, 0.29) is 0 Å². The molecule has 0 heterocycles. The fourth-order valence-electron chi connectivity index (χ4n) is 3.00. The van der Waals surface area contributed by atoms with E-state index in [1.54, 1.807) is 0 Å². The molecule has 0 atom stereocenters. The highest BCUT2D eigenvalue weighted by Crippen LogP contribution is 2.42. The van der Waals surface area contributed by atoms with Crippen molar-refractivity contribution in [3.05, 3.63) is 83.9 Å². The molecule has 0 bridgehead atoms. The van der Waals surface area contributed by atoms with E-state index in [0.717, 1.165) is 6.42 Å². The fraction of sp³-hybridized carbons (Fsp3) is 0.0526. The molecule has 19 heavy (non-hydrogen) atoms. The summed E-state index contributed by atoms with van der Waals surface area (Å²) in [6.45, 7) is 0. The third kappa shape index (κ3) is 1.61. The summed E-state index contributed by atoms with van der Waals surface area (Å²) in [5.41, 5.74) is 8.27. The molecule has 89 valence electrons. The van der Waals surface area contributed by atoms with Gasteiger partial charge in [-0.1, -0.05) is 66.7 Å². The number of hydrogen-bond donors (Lipinski definition) is 0. The lowest BCUT2D eigenvalue weighted by molar-refractivity contribution is 1.26. The van der Waals surface area contributed by atoms with Gasteiger partial charge in [0.05, 0.1) is 0 Å². The van der Waals surface area contributed by atoms with Gasteiger partial charge in [0.2, 0.25) is 0 Å². The molecule has 1 radical (unpaired) electrons. The first-order valence-corrected chi connectivity index (χ1v) is 6.60. The number of benzene rings is 3. The maximum Gasteiger partial charge on any atom is -0.00132 e. The van der Waals surface area contributed by atoms with Gasteiger partial charge in [0.15, 0.2) is 0 Å². The molecule has 0 fully saturated rings. The Morgan fingerprint density at radius 3 is 2.32 bits per heavy atom. The second kappa shape index (κ2) is 4.10. The van der Waals surface area contributed by atoms with Crippen LogP contribution in [0, 0.1) is 6.07 Å². The molecule has 1 aliphatic rings. The molecular formula is C19H13. The Morgan fingerprint density at radius 2 is 1.42 bits per heavy atom. The van der Waals surface area contributed by atoms with Crippen molar-refractivity contribution in [2.24, 2.45) is 0 Å². The summed E-state index contributed by atoms with van der Waals surface area (Å²) in [7, 11) is 0. The first kappa shape index (κ1) is 10.6. The number of hydrogen-bond acceptors (Lipinski definition) is 0. The highest BCUT2D eigenvalue weighted by atomic mass is 14.2. The Hall–Kier alpha value is -2.34. The molecule has 0 aromatic heterocycles. The molecule has 1 aliphatic carbocycles. The molecule has 0 saturated carbocycles. The molecule has 0 nitrogen and oxygen atoms in total. The zero-order chi connectivity index (χ0) is 12.7. The Balaban J connectivity index is 2.01. The van der Waals surface area contributed by atoms with Crippen molar-refractivity contribution in [2.45, 2.75) is 6.42 Å². The molecular weight excluding hydrogens is 228 g/mol. The van der Waals surface area contributed by atoms with Gasteiger partial charge in [0.25, 0.3) is 0 Å². The first-order valence-electron chi connectivity index (χ1n) is 6.60. The quantitative estimate of drug-likeness (QED) is 0.452. The van der Waals surface area contributed by atoms with Gasteiger partial charge >= 0.3 is 0 Å². The van der Waals surface area contributed by atoms with Crippen LogP contribution in [-0.2, 0) is 6.42 Å². The van der Waals surface area contributed by atoms with Gasteiger partial charge < -0.3 is 0 Å². The predicted octanol–water partition coefficient (Wildman–Crippen LogP) is 4.72. The first-order chi connectivity index (χ1) is 9.43. The summed E-state index contributed by atoms with van der Waals surface area (Å²) < 4.78 is 0. The van der Waals surface area contributed by atoms with E-state index in [4.69, 9.17) is 0 Å². The topological polar surface area (TPSA) is 0 Å². The van der Waals surface area contributed by atoms with Crippen molar-refractivity contribution >= 4 is 0 Å². The maximum absolute atomic E-state index is 3.09. The van der Waals surface area contributed by atoms with Gasteiger partial charge in [0, 0.05) is 0 Å². The molecule has 3 aromatic carbocycles. The van der Waals surface area contributed by atoms with Crippen LogP contribution in [0.2, 0.25) is 0 Å². The van der Waals surface area contributed by atoms with E-state index < -0.39 is 0 Å². The van der Waals surface area contributed by atoms with Gasteiger partial charge in [-0.2, -0.15) is 0 Å². The zero-order valence-corrected chi connectivity index (χ0v) is 10.6. The van der Waals surface area contributed by atoms with Gasteiger partial charge in [0.1, 0.15) is 0 Å². The smallest absolute Gasteiger partial charge is 0.00132 e. The Bertz CT molecular complexity index is 739. The fourth-order valence-corrected chi connectivity index (χ4v) is 3.00.